The summed E-state index contributed by atoms with van der Waals surface area (Å²) in [5, 5.41) is 2.22. The molecular weight excluding hydrogens is 495 g/mol. The van der Waals surface area contributed by atoms with Crippen LogP contribution in [0.1, 0.15) is 39.3 Å². The molecule has 1 aromatic carbocycles. The number of esters is 1. The van der Waals surface area contributed by atoms with Crippen molar-refractivity contribution in [2.45, 2.75) is 33.7 Å². The maximum atomic E-state index is 13.9. The quantitative estimate of drug-likeness (QED) is 0.286. The molecular formula is C23H31N2O8PS. The number of carbonyl (C=O) groups excluding carboxylic acids is 1. The molecule has 2 aliphatic heterocycles. The number of fused-ring (bicyclic) bond motifs is 1. The molecule has 0 fully saturated rings. The van der Waals surface area contributed by atoms with Crippen LogP contribution in [0.4, 0.5) is 0 Å². The van der Waals surface area contributed by atoms with Gasteiger partial charge in [0.15, 0.2) is 16.7 Å². The van der Waals surface area contributed by atoms with E-state index in [0.717, 1.165) is 0 Å². The molecule has 0 saturated heterocycles. The first-order valence-corrected chi connectivity index (χ1v) is 13.5. The summed E-state index contributed by atoms with van der Waals surface area (Å²) in [5.74, 6) is 0.678. The molecule has 3 rings (SSSR count). The molecule has 0 N–H and O–H groups in total. The molecule has 2 heterocycles. The van der Waals surface area contributed by atoms with Gasteiger partial charge < -0.3 is 32.9 Å². The van der Waals surface area contributed by atoms with E-state index >= 15 is 0 Å². The van der Waals surface area contributed by atoms with Crippen LogP contribution in [0.15, 0.2) is 39.2 Å². The minimum atomic E-state index is -3.74. The number of hydrogen-bond donors (Lipinski definition) is 0. The van der Waals surface area contributed by atoms with Gasteiger partial charge in [-0.3, -0.25) is 4.57 Å². The molecule has 1 atom stereocenters. The molecule has 192 valence electrons. The highest BCUT2D eigenvalue weighted by molar-refractivity contribution is 8.16. The number of thioether (sulfide) groups is 1. The number of nitrogens with zero attached hydrogens (tertiary/aromatic N) is 2. The van der Waals surface area contributed by atoms with Crippen molar-refractivity contribution < 1.29 is 37.4 Å². The zero-order valence-corrected chi connectivity index (χ0v) is 22.7. The molecule has 0 amide bonds. The molecule has 35 heavy (non-hydrogen) atoms. The van der Waals surface area contributed by atoms with Crippen LogP contribution >= 0.6 is 19.4 Å². The Morgan fingerprint density at radius 3 is 2.11 bits per heavy atom. The van der Waals surface area contributed by atoms with E-state index in [0.29, 0.717) is 33.7 Å². The summed E-state index contributed by atoms with van der Waals surface area (Å²) in [5.41, 5.74) is 1.68. The van der Waals surface area contributed by atoms with Crippen molar-refractivity contribution in [3.05, 3.63) is 39.8 Å². The van der Waals surface area contributed by atoms with Crippen molar-refractivity contribution in [1.29, 1.82) is 0 Å². The summed E-state index contributed by atoms with van der Waals surface area (Å²) in [7, 11) is 0.799. The van der Waals surface area contributed by atoms with Crippen molar-refractivity contribution >= 4 is 30.5 Å². The SMILES string of the molecule is CCOC(=O)C1=C(C)N=C2SC=C(P(=O)(OCC)OCC)N2C1c1cc(OC)c(OC)c(OC)c1. The number of aliphatic imine (C=N–C) groups is 1. The van der Waals surface area contributed by atoms with Gasteiger partial charge in [0, 0.05) is 5.41 Å². The predicted octanol–water partition coefficient (Wildman–Crippen LogP) is 5.07. The lowest BCUT2D eigenvalue weighted by Gasteiger charge is -2.37. The van der Waals surface area contributed by atoms with E-state index in [-0.39, 0.29) is 30.8 Å². The van der Waals surface area contributed by atoms with E-state index in [1.54, 1.807) is 50.1 Å². The van der Waals surface area contributed by atoms with E-state index in [9.17, 15) is 9.36 Å². The van der Waals surface area contributed by atoms with Gasteiger partial charge in [-0.15, -0.1) is 0 Å². The Morgan fingerprint density at radius 1 is 1.03 bits per heavy atom. The van der Waals surface area contributed by atoms with E-state index in [1.807, 2.05) is 0 Å². The van der Waals surface area contributed by atoms with Crippen LogP contribution in [-0.2, 0) is 23.1 Å². The molecule has 0 aliphatic carbocycles. The average Bonchev–Trinajstić information content (AvgIpc) is 3.26. The van der Waals surface area contributed by atoms with Gasteiger partial charge in [0.05, 0.1) is 58.5 Å². The highest BCUT2D eigenvalue weighted by Crippen LogP contribution is 2.63. The van der Waals surface area contributed by atoms with E-state index < -0.39 is 19.6 Å². The maximum absolute atomic E-state index is 13.9. The fraction of sp³-hybridized carbons (Fsp3) is 0.478. The van der Waals surface area contributed by atoms with Crippen LogP contribution in [0.2, 0.25) is 0 Å². The fourth-order valence-corrected chi connectivity index (χ4v) is 6.99. The third kappa shape index (κ3) is 5.09. The zero-order chi connectivity index (χ0) is 25.8. The largest absolute Gasteiger partial charge is 0.493 e. The smallest absolute Gasteiger partial charge is 0.378 e. The summed E-state index contributed by atoms with van der Waals surface area (Å²) in [6, 6.07) is 2.72. The van der Waals surface area contributed by atoms with Gasteiger partial charge in [0.1, 0.15) is 5.44 Å². The summed E-state index contributed by atoms with van der Waals surface area (Å²) in [6.45, 7) is 7.48. The molecule has 10 nitrogen and oxygen atoms in total. The van der Waals surface area contributed by atoms with Gasteiger partial charge in [0.2, 0.25) is 5.75 Å². The van der Waals surface area contributed by atoms with Crippen LogP contribution in [-0.4, -0.2) is 57.2 Å². The first-order valence-electron chi connectivity index (χ1n) is 11.1. The summed E-state index contributed by atoms with van der Waals surface area (Å²) < 4.78 is 47.1. The number of allylic oxidation sites excluding steroid dienone is 1. The zero-order valence-electron chi connectivity index (χ0n) is 20.9. The number of ether oxygens (including phenoxy) is 4. The lowest BCUT2D eigenvalue weighted by Crippen LogP contribution is -2.37. The lowest BCUT2D eigenvalue weighted by molar-refractivity contribution is -0.139. The normalized spacial score (nSPS) is 17.6. The molecule has 1 aromatic rings. The maximum Gasteiger partial charge on any atom is 0.378 e. The van der Waals surface area contributed by atoms with E-state index in [1.165, 1.54) is 33.1 Å². The highest BCUT2D eigenvalue weighted by atomic mass is 32.2. The standard InChI is InChI=1S/C23H31N2O8PS/c1-8-31-22(26)19-14(4)24-23-25(18(13-35-23)34(27,32-9-2)33-10-3)20(19)15-11-16(28-5)21(30-7)17(12-15)29-6/h11-13,20H,8-10H2,1-7H3. The number of amidine groups is 1. The number of carbonyl (C=O) groups is 1. The van der Waals surface area contributed by atoms with Crippen molar-refractivity contribution in [3.63, 3.8) is 0 Å². The topological polar surface area (TPSA) is 105 Å². The van der Waals surface area contributed by atoms with Gasteiger partial charge >= 0.3 is 13.6 Å². The highest BCUT2D eigenvalue weighted by Gasteiger charge is 2.48. The lowest BCUT2D eigenvalue weighted by atomic mass is 9.94. The van der Waals surface area contributed by atoms with Crippen molar-refractivity contribution in [2.24, 2.45) is 4.99 Å². The van der Waals surface area contributed by atoms with Crippen molar-refractivity contribution in [2.75, 3.05) is 41.2 Å². The predicted molar refractivity (Wildman–Crippen MR) is 134 cm³/mol. The van der Waals surface area contributed by atoms with E-state index in [2.05, 4.69) is 4.99 Å². The van der Waals surface area contributed by atoms with Crippen LogP contribution in [0.3, 0.4) is 0 Å². The summed E-state index contributed by atoms with van der Waals surface area (Å²) in [6.07, 6.45) is 0. The van der Waals surface area contributed by atoms with E-state index in [4.69, 9.17) is 28.0 Å². The molecule has 0 aromatic heterocycles. The average molecular weight is 527 g/mol. The second-order valence-electron chi connectivity index (χ2n) is 7.27. The van der Waals surface area contributed by atoms with Crippen LogP contribution in [0.5, 0.6) is 17.2 Å². The first-order chi connectivity index (χ1) is 16.8. The number of benzene rings is 1. The van der Waals surface area contributed by atoms with Gasteiger partial charge in [-0.05, 0) is 45.4 Å². The Labute approximate surface area is 209 Å². The number of methoxy groups -OCH3 is 3. The molecule has 2 aliphatic rings. The van der Waals surface area contributed by atoms with Crippen LogP contribution in [0.25, 0.3) is 0 Å². The monoisotopic (exact) mass is 526 g/mol. The molecule has 12 heteroatoms. The molecule has 0 bridgehead atoms. The van der Waals surface area contributed by atoms with Crippen LogP contribution in [0, 0.1) is 0 Å². The number of rotatable bonds is 11. The fourth-order valence-electron chi connectivity index (χ4n) is 3.92. The molecule has 1 unspecified atom stereocenters. The van der Waals surface area contributed by atoms with Crippen molar-refractivity contribution in [1.82, 2.24) is 4.90 Å². The second-order valence-corrected chi connectivity index (χ2v) is 10.1. The van der Waals surface area contributed by atoms with Gasteiger partial charge in [0.25, 0.3) is 0 Å². The van der Waals surface area contributed by atoms with Crippen molar-refractivity contribution in [3.8, 4) is 17.2 Å². The second kappa shape index (κ2) is 11.5. The minimum absolute atomic E-state index is 0.175. The van der Waals surface area contributed by atoms with Crippen LogP contribution < -0.4 is 14.2 Å². The summed E-state index contributed by atoms with van der Waals surface area (Å²) in [4.78, 5) is 19.5. The van der Waals surface area contributed by atoms with Gasteiger partial charge in [-0.25, -0.2) is 9.79 Å². The molecule has 0 saturated carbocycles. The Bertz CT molecular complexity index is 1080. The Morgan fingerprint density at radius 2 is 1.63 bits per heavy atom. The molecule has 0 radical (unpaired) electrons. The first kappa shape index (κ1) is 27.1. The Balaban J connectivity index is 2.28. The van der Waals surface area contributed by atoms with Gasteiger partial charge in [-0.1, -0.05) is 11.8 Å². The third-order valence-corrected chi connectivity index (χ3v) is 8.40. The van der Waals surface area contributed by atoms with Gasteiger partial charge in [-0.2, -0.15) is 0 Å². The Hall–Kier alpha value is -2.46. The third-order valence-electron chi connectivity index (χ3n) is 5.28. The minimum Gasteiger partial charge on any atom is -0.493 e. The Kier molecular flexibility index (Phi) is 8.93. The number of hydrogen-bond acceptors (Lipinski definition) is 11. The summed E-state index contributed by atoms with van der Waals surface area (Å²) >= 11 is 1.28. The molecule has 0 spiro atoms.